The smallest absolute Gasteiger partial charge is 0.362 e. The summed E-state index contributed by atoms with van der Waals surface area (Å²) in [5, 5.41) is 30.9. The van der Waals surface area contributed by atoms with E-state index < -0.39 is 36.0 Å². The Labute approximate surface area is 276 Å². The molecular weight excluding hydrogens is 566 g/mol. The SMILES string of the molecule is CCC/C=C/CCCCCCCCCCCCCCCCCC[N+](C(CCC)C(=O)O)(C(CCC)C(=O)O)C(CCC)C(=O)O. The molecule has 0 radical (unpaired) electrons. The standard InChI is InChI=1S/C38H71NO6/c1-5-9-10-11-12-13-14-15-16-17-18-19-20-21-22-23-24-25-26-27-28-32-39(33(29-6-2)36(40)41,34(30-7-3)37(42)43)35(31-8-4)38(44)45/h10-11,33-35H,5-9,12-32H2,1-4H3,(H2-,40,41,42,43,44,45)/p+1/b11-10+. The normalized spacial score (nSPS) is 15.1. The zero-order valence-electron chi connectivity index (χ0n) is 29.8. The van der Waals surface area contributed by atoms with Crippen molar-refractivity contribution < 1.29 is 34.2 Å². The lowest BCUT2D eigenvalue weighted by Gasteiger charge is -2.50. The highest BCUT2D eigenvalue weighted by atomic mass is 16.4. The maximum Gasteiger partial charge on any atom is 0.362 e. The average molecular weight is 639 g/mol. The molecule has 0 aromatic rings. The van der Waals surface area contributed by atoms with Gasteiger partial charge in [-0.25, -0.2) is 14.4 Å². The first-order chi connectivity index (χ1) is 21.7. The zero-order chi connectivity index (χ0) is 33.8. The van der Waals surface area contributed by atoms with Gasteiger partial charge in [-0.1, -0.05) is 130 Å². The number of aliphatic carboxylic acids is 3. The van der Waals surface area contributed by atoms with Gasteiger partial charge < -0.3 is 15.3 Å². The number of hydrogen-bond donors (Lipinski definition) is 3. The molecule has 3 atom stereocenters. The van der Waals surface area contributed by atoms with Gasteiger partial charge in [0.2, 0.25) is 0 Å². The van der Waals surface area contributed by atoms with Crippen molar-refractivity contribution in [2.45, 2.75) is 206 Å². The lowest BCUT2D eigenvalue weighted by atomic mass is 9.91. The molecule has 7 heteroatoms. The fourth-order valence-corrected chi connectivity index (χ4v) is 7.17. The fraction of sp³-hybridized carbons (Fsp3) is 0.868. The van der Waals surface area contributed by atoms with Crippen LogP contribution >= 0.6 is 0 Å². The van der Waals surface area contributed by atoms with E-state index in [1.807, 2.05) is 20.8 Å². The number of nitrogens with zero attached hydrogens (tertiary/aromatic N) is 1. The van der Waals surface area contributed by atoms with Gasteiger partial charge in [-0.05, 0) is 51.4 Å². The van der Waals surface area contributed by atoms with Gasteiger partial charge in [0.05, 0.1) is 6.54 Å². The minimum atomic E-state index is -1.08. The molecule has 0 fully saturated rings. The first-order valence-electron chi connectivity index (χ1n) is 18.9. The molecule has 0 rings (SSSR count). The van der Waals surface area contributed by atoms with Crippen molar-refractivity contribution in [3.05, 3.63) is 12.2 Å². The first-order valence-corrected chi connectivity index (χ1v) is 18.9. The van der Waals surface area contributed by atoms with Crippen LogP contribution in [0, 0.1) is 0 Å². The Bertz CT molecular complexity index is 722. The van der Waals surface area contributed by atoms with E-state index in [0.29, 0.717) is 25.7 Å². The topological polar surface area (TPSA) is 112 Å². The number of carboxylic acids is 3. The maximum atomic E-state index is 12.6. The maximum absolute atomic E-state index is 12.6. The summed E-state index contributed by atoms with van der Waals surface area (Å²) in [5.74, 6) is -3.24. The van der Waals surface area contributed by atoms with Crippen molar-refractivity contribution >= 4 is 17.9 Å². The summed E-state index contributed by atoms with van der Waals surface area (Å²) in [7, 11) is 0. The predicted octanol–water partition coefficient (Wildman–Crippen LogP) is 10.6. The summed E-state index contributed by atoms with van der Waals surface area (Å²) < 4.78 is -0.369. The van der Waals surface area contributed by atoms with Crippen molar-refractivity contribution in [2.24, 2.45) is 0 Å². The number of rotatable bonds is 33. The number of carboxylic acid groups (broad SMARTS) is 3. The third-order valence-corrected chi connectivity index (χ3v) is 9.57. The van der Waals surface area contributed by atoms with Crippen LogP contribution in [0.2, 0.25) is 0 Å². The lowest BCUT2D eigenvalue weighted by Crippen LogP contribution is -2.72. The van der Waals surface area contributed by atoms with Gasteiger partial charge in [-0.2, -0.15) is 0 Å². The number of hydrogen-bond acceptors (Lipinski definition) is 3. The van der Waals surface area contributed by atoms with Crippen LogP contribution in [0.5, 0.6) is 0 Å². The van der Waals surface area contributed by atoms with Crippen LogP contribution in [-0.4, -0.2) is 62.4 Å². The summed E-state index contributed by atoms with van der Waals surface area (Å²) >= 11 is 0. The Kier molecular flexibility index (Phi) is 27.2. The molecule has 0 aromatic carbocycles. The molecular formula is C38H72NO6+. The van der Waals surface area contributed by atoms with Gasteiger partial charge in [0.1, 0.15) is 0 Å². The molecule has 0 saturated carbocycles. The van der Waals surface area contributed by atoms with E-state index in [1.54, 1.807) is 0 Å². The van der Waals surface area contributed by atoms with Crippen LogP contribution in [0.1, 0.15) is 188 Å². The minimum absolute atomic E-state index is 0.271. The van der Waals surface area contributed by atoms with Crippen LogP contribution in [0.3, 0.4) is 0 Å². The molecule has 0 saturated heterocycles. The number of quaternary nitrogens is 1. The van der Waals surface area contributed by atoms with E-state index in [0.717, 1.165) is 19.3 Å². The van der Waals surface area contributed by atoms with E-state index in [-0.39, 0.29) is 30.3 Å². The highest BCUT2D eigenvalue weighted by molar-refractivity contribution is 5.78. The molecule has 0 aliphatic heterocycles. The predicted molar refractivity (Wildman–Crippen MR) is 187 cm³/mol. The average Bonchev–Trinajstić information content (AvgIpc) is 3.00. The Morgan fingerprint density at radius 2 is 0.733 bits per heavy atom. The molecule has 45 heavy (non-hydrogen) atoms. The fourth-order valence-electron chi connectivity index (χ4n) is 7.17. The van der Waals surface area contributed by atoms with Gasteiger partial charge in [0, 0.05) is 19.3 Å². The summed E-state index contributed by atoms with van der Waals surface area (Å²) in [5.41, 5.74) is 0. The summed E-state index contributed by atoms with van der Waals surface area (Å²) in [4.78, 5) is 37.8. The number of allylic oxidation sites excluding steroid dienone is 2. The van der Waals surface area contributed by atoms with Gasteiger partial charge in [0.25, 0.3) is 0 Å². The van der Waals surface area contributed by atoms with Crippen LogP contribution in [0.25, 0.3) is 0 Å². The first kappa shape index (κ1) is 43.1. The molecule has 0 bridgehead atoms. The van der Waals surface area contributed by atoms with Gasteiger partial charge in [-0.15, -0.1) is 0 Å². The second-order valence-corrected chi connectivity index (χ2v) is 13.4. The molecule has 3 unspecified atom stereocenters. The molecule has 0 spiro atoms. The molecule has 7 nitrogen and oxygen atoms in total. The van der Waals surface area contributed by atoms with E-state index >= 15 is 0 Å². The van der Waals surface area contributed by atoms with Crippen molar-refractivity contribution in [2.75, 3.05) is 6.54 Å². The van der Waals surface area contributed by atoms with E-state index in [2.05, 4.69) is 19.1 Å². The lowest BCUT2D eigenvalue weighted by molar-refractivity contribution is -0.973. The van der Waals surface area contributed by atoms with Crippen LogP contribution in [0.4, 0.5) is 0 Å². The molecule has 264 valence electrons. The summed E-state index contributed by atoms with van der Waals surface area (Å²) in [6, 6.07) is -3.13. The largest absolute Gasteiger partial charge is 0.477 e. The van der Waals surface area contributed by atoms with Gasteiger partial charge >= 0.3 is 17.9 Å². The van der Waals surface area contributed by atoms with E-state index in [1.165, 1.54) is 96.3 Å². The van der Waals surface area contributed by atoms with Crippen molar-refractivity contribution in [1.82, 2.24) is 0 Å². The second-order valence-electron chi connectivity index (χ2n) is 13.4. The Morgan fingerprint density at radius 1 is 0.444 bits per heavy atom. The van der Waals surface area contributed by atoms with Gasteiger partial charge in [-0.3, -0.25) is 4.48 Å². The third-order valence-electron chi connectivity index (χ3n) is 9.57. The highest BCUT2D eigenvalue weighted by Gasteiger charge is 2.56. The summed E-state index contributed by atoms with van der Waals surface area (Å²) in [6.07, 6.45) is 30.3. The molecule has 0 aromatic heterocycles. The van der Waals surface area contributed by atoms with E-state index in [4.69, 9.17) is 0 Å². The molecule has 0 aliphatic rings. The second kappa shape index (κ2) is 28.3. The Hall–Kier alpha value is -1.89. The number of carbonyl (C=O) groups is 3. The molecule has 3 N–H and O–H groups in total. The minimum Gasteiger partial charge on any atom is -0.477 e. The summed E-state index contributed by atoms with van der Waals surface area (Å²) in [6.45, 7) is 8.15. The van der Waals surface area contributed by atoms with Crippen molar-refractivity contribution in [3.63, 3.8) is 0 Å². The van der Waals surface area contributed by atoms with Crippen LogP contribution in [0.15, 0.2) is 12.2 Å². The van der Waals surface area contributed by atoms with Crippen LogP contribution < -0.4 is 0 Å². The Balaban J connectivity index is 4.63. The van der Waals surface area contributed by atoms with Gasteiger partial charge in [0.15, 0.2) is 18.1 Å². The van der Waals surface area contributed by atoms with Crippen molar-refractivity contribution in [3.8, 4) is 0 Å². The quantitative estimate of drug-likeness (QED) is 0.0374. The van der Waals surface area contributed by atoms with Crippen LogP contribution in [-0.2, 0) is 14.4 Å². The third kappa shape index (κ3) is 18.1. The molecule has 0 heterocycles. The Morgan fingerprint density at radius 3 is 1.02 bits per heavy atom. The van der Waals surface area contributed by atoms with E-state index in [9.17, 15) is 29.7 Å². The van der Waals surface area contributed by atoms with Crippen molar-refractivity contribution in [1.29, 1.82) is 0 Å². The molecule has 0 aliphatic carbocycles. The zero-order valence-corrected chi connectivity index (χ0v) is 29.8. The number of unbranched alkanes of at least 4 members (excludes halogenated alkanes) is 17. The highest BCUT2D eigenvalue weighted by Crippen LogP contribution is 2.34. The monoisotopic (exact) mass is 639 g/mol. The molecule has 0 amide bonds.